The van der Waals surface area contributed by atoms with Crippen LogP contribution in [0.5, 0.6) is 0 Å². The van der Waals surface area contributed by atoms with Crippen LogP contribution in [0.25, 0.3) is 11.1 Å². The molecule has 0 unspecified atom stereocenters. The van der Waals surface area contributed by atoms with Gasteiger partial charge >= 0.3 is 7.12 Å². The lowest BCUT2D eigenvalue weighted by Gasteiger charge is -2.23. The molecule has 0 spiro atoms. The summed E-state index contributed by atoms with van der Waals surface area (Å²) in [6.07, 6.45) is 0. The van der Waals surface area contributed by atoms with Gasteiger partial charge in [0.05, 0.1) is 0 Å². The Morgan fingerprint density at radius 1 is 0.828 bits per heavy atom. The van der Waals surface area contributed by atoms with Crippen LogP contribution in [-0.4, -0.2) is 17.2 Å². The zero-order chi connectivity index (χ0) is 21.0. The largest absolute Gasteiger partial charge is 0.490 e. The monoisotopic (exact) mass is 385 g/mol. The van der Waals surface area contributed by atoms with E-state index < -0.39 is 7.12 Å². The molecular weight excluding hydrogens is 357 g/mol. The molecule has 3 nitrogen and oxygen atoms in total. The number of fused-ring (bicyclic) bond motifs is 3. The van der Waals surface area contributed by atoms with Crippen LogP contribution in [0.1, 0.15) is 51.3 Å². The third kappa shape index (κ3) is 3.37. The number of hydrogen-bond acceptors (Lipinski definition) is 3. The number of rotatable bonds is 3. The van der Waals surface area contributed by atoms with Crippen molar-refractivity contribution in [3.8, 4) is 11.1 Å². The molecule has 4 rings (SSSR count). The minimum absolute atomic E-state index is 0.0911. The van der Waals surface area contributed by atoms with Crippen molar-refractivity contribution in [3.05, 3.63) is 77.4 Å². The van der Waals surface area contributed by atoms with E-state index >= 15 is 0 Å². The molecule has 3 aromatic carbocycles. The predicted octanol–water partition coefficient (Wildman–Crippen LogP) is 4.71. The maximum atomic E-state index is 10.1. The molecule has 29 heavy (non-hydrogen) atoms. The first-order valence-corrected chi connectivity index (χ1v) is 10.1. The Labute approximate surface area is 173 Å². The van der Waals surface area contributed by atoms with Gasteiger partial charge in [-0.25, -0.2) is 0 Å². The molecule has 0 fully saturated rings. The van der Waals surface area contributed by atoms with Gasteiger partial charge in [0.1, 0.15) is 0 Å². The van der Waals surface area contributed by atoms with E-state index in [0.29, 0.717) is 5.46 Å². The standard InChI is InChI=1S/C25H28BNO2/c1-24(2,3)16-10-12-17(13-11-16)27-23-14-19-18-8-6-7-9-20(18)25(4,5)21(19)15-22(23)26(28)29/h6-15,27-29H,1-5H3. The summed E-state index contributed by atoms with van der Waals surface area (Å²) in [7, 11) is -1.55. The van der Waals surface area contributed by atoms with Crippen LogP contribution in [0.2, 0.25) is 0 Å². The van der Waals surface area contributed by atoms with E-state index in [1.54, 1.807) is 0 Å². The van der Waals surface area contributed by atoms with Gasteiger partial charge < -0.3 is 15.4 Å². The lowest BCUT2D eigenvalue weighted by Crippen LogP contribution is -2.33. The second kappa shape index (κ2) is 6.75. The molecular formula is C25H28BNO2. The maximum absolute atomic E-state index is 10.1. The Morgan fingerprint density at radius 2 is 1.48 bits per heavy atom. The molecule has 1 aliphatic carbocycles. The van der Waals surface area contributed by atoms with E-state index in [0.717, 1.165) is 22.5 Å². The summed E-state index contributed by atoms with van der Waals surface area (Å²) in [6.45, 7) is 10.9. The average Bonchev–Trinajstić information content (AvgIpc) is 2.88. The molecule has 0 amide bonds. The molecule has 0 heterocycles. The highest BCUT2D eigenvalue weighted by Gasteiger charge is 2.36. The summed E-state index contributed by atoms with van der Waals surface area (Å²) in [5.74, 6) is 0. The summed E-state index contributed by atoms with van der Waals surface area (Å²) in [6, 6.07) is 20.7. The maximum Gasteiger partial charge on any atom is 0.490 e. The fraction of sp³-hybridized carbons (Fsp3) is 0.280. The van der Waals surface area contributed by atoms with Gasteiger partial charge in [-0.15, -0.1) is 0 Å². The zero-order valence-corrected chi connectivity index (χ0v) is 17.7. The number of hydrogen-bond donors (Lipinski definition) is 3. The van der Waals surface area contributed by atoms with Crippen LogP contribution < -0.4 is 10.8 Å². The number of anilines is 2. The third-order valence-corrected chi connectivity index (χ3v) is 6.06. The Morgan fingerprint density at radius 3 is 2.10 bits per heavy atom. The molecule has 0 radical (unpaired) electrons. The second-order valence-electron chi connectivity index (χ2n) is 9.48. The molecule has 4 heteroatoms. The topological polar surface area (TPSA) is 52.5 Å². The lowest BCUT2D eigenvalue weighted by molar-refractivity contribution is 0.426. The van der Waals surface area contributed by atoms with Crippen LogP contribution in [0.4, 0.5) is 11.4 Å². The highest BCUT2D eigenvalue weighted by atomic mass is 16.4. The highest BCUT2D eigenvalue weighted by Crippen LogP contribution is 2.49. The minimum atomic E-state index is -1.55. The fourth-order valence-electron chi connectivity index (χ4n) is 4.30. The van der Waals surface area contributed by atoms with E-state index in [1.807, 2.05) is 18.2 Å². The Balaban J connectivity index is 1.79. The van der Waals surface area contributed by atoms with Crippen LogP contribution in [0, 0.1) is 0 Å². The van der Waals surface area contributed by atoms with Gasteiger partial charge in [0.15, 0.2) is 0 Å². The number of nitrogens with one attached hydrogen (secondary N) is 1. The van der Waals surface area contributed by atoms with Crippen LogP contribution in [0.15, 0.2) is 60.7 Å². The van der Waals surface area contributed by atoms with Crippen molar-refractivity contribution in [2.75, 3.05) is 5.32 Å². The number of benzene rings is 3. The third-order valence-electron chi connectivity index (χ3n) is 6.06. The summed E-state index contributed by atoms with van der Waals surface area (Å²) in [5, 5.41) is 23.5. The van der Waals surface area contributed by atoms with Crippen molar-refractivity contribution in [3.63, 3.8) is 0 Å². The molecule has 0 atom stereocenters. The average molecular weight is 385 g/mol. The second-order valence-corrected chi connectivity index (χ2v) is 9.48. The SMILES string of the molecule is CC(C)(C)c1ccc(Nc2cc3c(cc2B(O)O)C(C)(C)c2ccccc2-3)cc1. The molecule has 0 aliphatic heterocycles. The minimum Gasteiger partial charge on any atom is -0.423 e. The van der Waals surface area contributed by atoms with Crippen molar-refractivity contribution in [2.24, 2.45) is 0 Å². The molecule has 3 N–H and O–H groups in total. The Kier molecular flexibility index (Phi) is 4.60. The first-order valence-electron chi connectivity index (χ1n) is 10.1. The summed E-state index contributed by atoms with van der Waals surface area (Å²) in [5.41, 5.74) is 8.03. The van der Waals surface area contributed by atoms with Crippen molar-refractivity contribution < 1.29 is 10.0 Å². The smallest absolute Gasteiger partial charge is 0.423 e. The van der Waals surface area contributed by atoms with Crippen molar-refractivity contribution in [2.45, 2.75) is 45.4 Å². The van der Waals surface area contributed by atoms with E-state index in [1.165, 1.54) is 16.7 Å². The molecule has 1 aliphatic rings. The Hall–Kier alpha value is -2.56. The van der Waals surface area contributed by atoms with Crippen LogP contribution in [-0.2, 0) is 10.8 Å². The van der Waals surface area contributed by atoms with E-state index in [4.69, 9.17) is 0 Å². The van der Waals surface area contributed by atoms with Gasteiger partial charge in [-0.3, -0.25) is 0 Å². The van der Waals surface area contributed by atoms with Gasteiger partial charge in [-0.05, 0) is 51.4 Å². The zero-order valence-electron chi connectivity index (χ0n) is 17.7. The van der Waals surface area contributed by atoms with Gasteiger partial charge in [-0.2, -0.15) is 0 Å². The van der Waals surface area contributed by atoms with Gasteiger partial charge in [0.2, 0.25) is 0 Å². The molecule has 0 bridgehead atoms. The van der Waals surface area contributed by atoms with Gasteiger partial charge in [-0.1, -0.05) is 77.1 Å². The predicted molar refractivity (Wildman–Crippen MR) is 122 cm³/mol. The fourth-order valence-corrected chi connectivity index (χ4v) is 4.30. The van der Waals surface area contributed by atoms with Crippen molar-refractivity contribution >= 4 is 24.0 Å². The molecule has 0 saturated carbocycles. The molecule has 3 aromatic rings. The van der Waals surface area contributed by atoms with Crippen LogP contribution >= 0.6 is 0 Å². The first kappa shape index (κ1) is 19.7. The summed E-state index contributed by atoms with van der Waals surface area (Å²) in [4.78, 5) is 0. The molecule has 0 aromatic heterocycles. The lowest BCUT2D eigenvalue weighted by atomic mass is 9.74. The summed E-state index contributed by atoms with van der Waals surface area (Å²) < 4.78 is 0. The normalized spacial score (nSPS) is 14.3. The van der Waals surface area contributed by atoms with Crippen LogP contribution in [0.3, 0.4) is 0 Å². The quantitative estimate of drug-likeness (QED) is 0.572. The van der Waals surface area contributed by atoms with Gasteiger partial charge in [0, 0.05) is 22.3 Å². The van der Waals surface area contributed by atoms with Crippen molar-refractivity contribution in [1.82, 2.24) is 0 Å². The van der Waals surface area contributed by atoms with Gasteiger partial charge in [0.25, 0.3) is 0 Å². The van der Waals surface area contributed by atoms with E-state index in [-0.39, 0.29) is 10.8 Å². The first-order chi connectivity index (χ1) is 13.6. The van der Waals surface area contributed by atoms with E-state index in [9.17, 15) is 10.0 Å². The Bertz CT molecular complexity index is 1060. The van der Waals surface area contributed by atoms with E-state index in [2.05, 4.69) is 82.4 Å². The summed E-state index contributed by atoms with van der Waals surface area (Å²) >= 11 is 0. The molecule has 0 saturated heterocycles. The van der Waals surface area contributed by atoms with Crippen molar-refractivity contribution in [1.29, 1.82) is 0 Å². The molecule has 148 valence electrons. The highest BCUT2D eigenvalue weighted by molar-refractivity contribution is 6.60.